The third-order valence-electron chi connectivity index (χ3n) is 3.51. The van der Waals surface area contributed by atoms with E-state index >= 15 is 0 Å². The number of rotatable bonds is 6. The van der Waals surface area contributed by atoms with Crippen molar-refractivity contribution in [2.75, 3.05) is 39.3 Å². The van der Waals surface area contributed by atoms with Crippen molar-refractivity contribution in [1.29, 1.82) is 0 Å². The fourth-order valence-corrected chi connectivity index (χ4v) is 2.26. The molecule has 1 heterocycles. The van der Waals surface area contributed by atoms with Crippen LogP contribution in [0.15, 0.2) is 0 Å². The van der Waals surface area contributed by atoms with Gasteiger partial charge in [0.15, 0.2) is 0 Å². The maximum absolute atomic E-state index is 11.2. The number of nitrogens with two attached hydrogens (primary N) is 2. The first-order chi connectivity index (χ1) is 8.15. The number of hydrogen-bond acceptors (Lipinski definition) is 4. The van der Waals surface area contributed by atoms with Gasteiger partial charge in [0.25, 0.3) is 0 Å². The molecule has 0 saturated carbocycles. The molecule has 1 atom stereocenters. The number of primary amides is 1. The molecule has 1 saturated heterocycles. The molecule has 0 aromatic carbocycles. The topological polar surface area (TPSA) is 75.6 Å². The van der Waals surface area contributed by atoms with E-state index in [1.54, 1.807) is 0 Å². The number of unbranched alkanes of at least 4 members (excludes halogenated alkanes) is 1. The lowest BCUT2D eigenvalue weighted by Crippen LogP contribution is -2.44. The molecule has 1 fully saturated rings. The van der Waals surface area contributed by atoms with Crippen molar-refractivity contribution in [3.05, 3.63) is 0 Å². The van der Waals surface area contributed by atoms with E-state index in [9.17, 15) is 4.79 Å². The van der Waals surface area contributed by atoms with Crippen LogP contribution in [-0.2, 0) is 4.79 Å². The first kappa shape index (κ1) is 14.4. The molecule has 0 aliphatic carbocycles. The van der Waals surface area contributed by atoms with E-state index in [0.717, 1.165) is 52.1 Å². The molecule has 1 rings (SSSR count). The standard InChI is InChI=1S/C12H26N4O/c1-11(12(14)17)16-8-4-7-15(9-10-16)6-3-2-5-13/h11H,2-10,13H2,1H3,(H2,14,17). The molecule has 100 valence electrons. The predicted molar refractivity (Wildman–Crippen MR) is 69.6 cm³/mol. The second-order valence-corrected chi connectivity index (χ2v) is 4.81. The van der Waals surface area contributed by atoms with Crippen molar-refractivity contribution in [3.63, 3.8) is 0 Å². The summed E-state index contributed by atoms with van der Waals surface area (Å²) in [5.41, 5.74) is 10.8. The summed E-state index contributed by atoms with van der Waals surface area (Å²) in [5, 5.41) is 0. The smallest absolute Gasteiger partial charge is 0.234 e. The van der Waals surface area contributed by atoms with Crippen LogP contribution in [0.5, 0.6) is 0 Å². The molecule has 5 nitrogen and oxygen atoms in total. The van der Waals surface area contributed by atoms with Crippen LogP contribution in [0.3, 0.4) is 0 Å². The van der Waals surface area contributed by atoms with Gasteiger partial charge in [-0.3, -0.25) is 9.69 Å². The van der Waals surface area contributed by atoms with Gasteiger partial charge in [0.2, 0.25) is 5.91 Å². The second-order valence-electron chi connectivity index (χ2n) is 4.81. The molecule has 1 amide bonds. The van der Waals surface area contributed by atoms with Crippen LogP contribution in [0.2, 0.25) is 0 Å². The van der Waals surface area contributed by atoms with Gasteiger partial charge >= 0.3 is 0 Å². The number of amides is 1. The largest absolute Gasteiger partial charge is 0.368 e. The van der Waals surface area contributed by atoms with Crippen molar-refractivity contribution in [3.8, 4) is 0 Å². The first-order valence-electron chi connectivity index (χ1n) is 6.61. The molecule has 17 heavy (non-hydrogen) atoms. The van der Waals surface area contributed by atoms with Crippen LogP contribution in [0.1, 0.15) is 26.2 Å². The molecule has 0 aromatic heterocycles. The average molecular weight is 242 g/mol. The van der Waals surface area contributed by atoms with Crippen LogP contribution in [0.4, 0.5) is 0 Å². The zero-order valence-corrected chi connectivity index (χ0v) is 10.9. The highest BCUT2D eigenvalue weighted by molar-refractivity contribution is 5.79. The molecule has 5 heteroatoms. The Morgan fingerprint density at radius 1 is 1.24 bits per heavy atom. The summed E-state index contributed by atoms with van der Waals surface area (Å²) in [6.07, 6.45) is 3.38. The number of carbonyl (C=O) groups is 1. The molecule has 1 aliphatic heterocycles. The van der Waals surface area contributed by atoms with Gasteiger partial charge in [-0.05, 0) is 45.8 Å². The fourth-order valence-electron chi connectivity index (χ4n) is 2.26. The van der Waals surface area contributed by atoms with Crippen LogP contribution in [0.25, 0.3) is 0 Å². The summed E-state index contributed by atoms with van der Waals surface area (Å²) >= 11 is 0. The van der Waals surface area contributed by atoms with Crippen LogP contribution >= 0.6 is 0 Å². The van der Waals surface area contributed by atoms with Crippen molar-refractivity contribution >= 4 is 5.91 Å². The Balaban J connectivity index is 2.31. The van der Waals surface area contributed by atoms with E-state index in [1.165, 1.54) is 6.42 Å². The van der Waals surface area contributed by atoms with Crippen LogP contribution < -0.4 is 11.5 Å². The lowest BCUT2D eigenvalue weighted by molar-refractivity contribution is -0.122. The average Bonchev–Trinajstić information content (AvgIpc) is 2.54. The SMILES string of the molecule is CC(C(N)=O)N1CCCN(CCCCN)CC1. The van der Waals surface area contributed by atoms with Gasteiger partial charge in [-0.1, -0.05) is 0 Å². The molecule has 0 spiro atoms. The minimum atomic E-state index is -0.221. The summed E-state index contributed by atoms with van der Waals surface area (Å²) in [7, 11) is 0. The van der Waals surface area contributed by atoms with Gasteiger partial charge in [-0.2, -0.15) is 0 Å². The fraction of sp³-hybridized carbons (Fsp3) is 0.917. The van der Waals surface area contributed by atoms with Gasteiger partial charge in [0.1, 0.15) is 0 Å². The lowest BCUT2D eigenvalue weighted by Gasteiger charge is -2.25. The highest BCUT2D eigenvalue weighted by Crippen LogP contribution is 2.07. The van der Waals surface area contributed by atoms with E-state index in [1.807, 2.05) is 6.92 Å². The summed E-state index contributed by atoms with van der Waals surface area (Å²) in [5.74, 6) is -0.221. The molecular formula is C12H26N4O. The summed E-state index contributed by atoms with van der Waals surface area (Å²) in [6.45, 7) is 7.85. The van der Waals surface area contributed by atoms with Gasteiger partial charge in [-0.25, -0.2) is 0 Å². The van der Waals surface area contributed by atoms with Crippen molar-refractivity contribution in [1.82, 2.24) is 9.80 Å². The van der Waals surface area contributed by atoms with E-state index in [-0.39, 0.29) is 11.9 Å². The Hall–Kier alpha value is -0.650. The van der Waals surface area contributed by atoms with Crippen molar-refractivity contribution in [2.24, 2.45) is 11.5 Å². The van der Waals surface area contributed by atoms with Crippen molar-refractivity contribution < 1.29 is 4.79 Å². The first-order valence-corrected chi connectivity index (χ1v) is 6.61. The molecular weight excluding hydrogens is 216 g/mol. The molecule has 1 unspecified atom stereocenters. The Morgan fingerprint density at radius 2 is 2.00 bits per heavy atom. The van der Waals surface area contributed by atoms with Crippen molar-refractivity contribution in [2.45, 2.75) is 32.2 Å². The third-order valence-corrected chi connectivity index (χ3v) is 3.51. The van der Waals surface area contributed by atoms with Crippen LogP contribution in [0, 0.1) is 0 Å². The lowest BCUT2D eigenvalue weighted by atomic mass is 10.2. The van der Waals surface area contributed by atoms with Gasteiger partial charge in [-0.15, -0.1) is 0 Å². The number of nitrogens with zero attached hydrogens (tertiary/aromatic N) is 2. The quantitative estimate of drug-likeness (QED) is 0.622. The summed E-state index contributed by atoms with van der Waals surface area (Å²) < 4.78 is 0. The molecule has 1 aliphatic rings. The monoisotopic (exact) mass is 242 g/mol. The molecule has 0 aromatic rings. The predicted octanol–water partition coefficient (Wildman–Crippen LogP) is -0.393. The molecule has 0 bridgehead atoms. The van der Waals surface area contributed by atoms with E-state index < -0.39 is 0 Å². The van der Waals surface area contributed by atoms with Gasteiger partial charge in [0.05, 0.1) is 6.04 Å². The zero-order chi connectivity index (χ0) is 12.7. The summed E-state index contributed by atoms with van der Waals surface area (Å²) in [6, 6.07) is -0.140. The maximum atomic E-state index is 11.2. The zero-order valence-electron chi connectivity index (χ0n) is 10.9. The third kappa shape index (κ3) is 5.02. The molecule has 4 N–H and O–H groups in total. The Bertz CT molecular complexity index is 235. The highest BCUT2D eigenvalue weighted by Gasteiger charge is 2.21. The highest BCUT2D eigenvalue weighted by atomic mass is 16.1. The number of hydrogen-bond donors (Lipinski definition) is 2. The number of carbonyl (C=O) groups excluding carboxylic acids is 1. The van der Waals surface area contributed by atoms with Gasteiger partial charge in [0, 0.05) is 19.6 Å². The summed E-state index contributed by atoms with van der Waals surface area (Å²) in [4.78, 5) is 15.8. The minimum absolute atomic E-state index is 0.140. The maximum Gasteiger partial charge on any atom is 0.234 e. The normalized spacial score (nSPS) is 21.1. The Morgan fingerprint density at radius 3 is 2.65 bits per heavy atom. The molecule has 0 radical (unpaired) electrons. The minimum Gasteiger partial charge on any atom is -0.368 e. The van der Waals surface area contributed by atoms with E-state index in [4.69, 9.17) is 11.5 Å². The Kier molecular flexibility index (Phi) is 6.47. The van der Waals surface area contributed by atoms with Gasteiger partial charge < -0.3 is 16.4 Å². The Labute approximate surface area is 104 Å². The second kappa shape index (κ2) is 7.63. The van der Waals surface area contributed by atoms with Crippen LogP contribution in [-0.4, -0.2) is 61.0 Å². The van der Waals surface area contributed by atoms with E-state index in [0.29, 0.717) is 0 Å². The van der Waals surface area contributed by atoms with E-state index in [2.05, 4.69) is 9.80 Å².